The zero-order valence-electron chi connectivity index (χ0n) is 13.8. The highest BCUT2D eigenvalue weighted by Gasteiger charge is 2.22. The van der Waals surface area contributed by atoms with E-state index >= 15 is 0 Å². The smallest absolute Gasteiger partial charge is 0.223 e. The van der Waals surface area contributed by atoms with Crippen LogP contribution in [0.2, 0.25) is 0 Å². The zero-order valence-corrected chi connectivity index (χ0v) is 13.8. The lowest BCUT2D eigenvalue weighted by Gasteiger charge is -2.31. The van der Waals surface area contributed by atoms with Gasteiger partial charge < -0.3 is 14.6 Å². The number of carbonyl (C=O) groups excluding carboxylic acids is 1. The predicted octanol–water partition coefficient (Wildman–Crippen LogP) is 2.62. The van der Waals surface area contributed by atoms with E-state index in [-0.39, 0.29) is 11.7 Å². The third-order valence-corrected chi connectivity index (χ3v) is 4.50. The lowest BCUT2D eigenvalue weighted by atomic mass is 10.0. The zero-order chi connectivity index (χ0) is 16.9. The highest BCUT2D eigenvalue weighted by atomic mass is 19.1. The Morgan fingerprint density at radius 3 is 2.88 bits per heavy atom. The molecule has 0 spiro atoms. The van der Waals surface area contributed by atoms with Crippen LogP contribution in [-0.4, -0.2) is 42.0 Å². The van der Waals surface area contributed by atoms with E-state index in [0.717, 1.165) is 25.9 Å². The molecule has 1 fully saturated rings. The van der Waals surface area contributed by atoms with Crippen molar-refractivity contribution in [2.75, 3.05) is 20.1 Å². The quantitative estimate of drug-likeness (QED) is 0.915. The van der Waals surface area contributed by atoms with Gasteiger partial charge in [0, 0.05) is 25.9 Å². The van der Waals surface area contributed by atoms with Crippen LogP contribution in [0.3, 0.4) is 0 Å². The van der Waals surface area contributed by atoms with E-state index in [1.807, 2.05) is 11.9 Å². The molecule has 1 aliphatic rings. The number of amides is 1. The Morgan fingerprint density at radius 1 is 1.38 bits per heavy atom. The van der Waals surface area contributed by atoms with Crippen LogP contribution < -0.4 is 5.32 Å². The number of hydrogen-bond acceptors (Lipinski definition) is 4. The fourth-order valence-electron chi connectivity index (χ4n) is 3.00. The average Bonchev–Trinajstić information content (AvgIpc) is 3.09. The van der Waals surface area contributed by atoms with Gasteiger partial charge in [-0.2, -0.15) is 0 Å². The Balaban J connectivity index is 1.57. The third-order valence-electron chi connectivity index (χ3n) is 4.50. The Kier molecular flexibility index (Phi) is 5.25. The number of aryl methyl sites for hydroxylation is 1. The molecule has 5 nitrogen and oxygen atoms in total. The monoisotopic (exact) mass is 331 g/mol. The number of hydrogen-bond donors (Lipinski definition) is 1. The number of nitrogens with one attached hydrogen (secondary N) is 1. The fraction of sp³-hybridized carbons (Fsp3) is 0.444. The first-order valence-corrected chi connectivity index (χ1v) is 8.31. The first-order chi connectivity index (χ1) is 11.6. The van der Waals surface area contributed by atoms with Crippen LogP contribution in [0.1, 0.15) is 25.2 Å². The lowest BCUT2D eigenvalue weighted by Crippen LogP contribution is -2.44. The maximum atomic E-state index is 13.8. The summed E-state index contributed by atoms with van der Waals surface area (Å²) in [5, 5.41) is 3.30. The molecule has 0 saturated carbocycles. The Morgan fingerprint density at radius 2 is 2.12 bits per heavy atom. The van der Waals surface area contributed by atoms with Crippen molar-refractivity contribution < 1.29 is 13.6 Å². The Hall–Kier alpha value is -2.21. The van der Waals surface area contributed by atoms with Gasteiger partial charge in [-0.1, -0.05) is 12.1 Å². The molecule has 0 aliphatic carbocycles. The molecule has 3 rings (SSSR count). The second kappa shape index (κ2) is 7.57. The maximum absolute atomic E-state index is 13.8. The predicted molar refractivity (Wildman–Crippen MR) is 88.9 cm³/mol. The SMILES string of the molecule is CN(C(=O)CCc1ncc(-c2ccccc2F)o1)C1CCNCC1. The number of aromatic nitrogens is 1. The van der Waals surface area contributed by atoms with Crippen molar-refractivity contribution in [3.05, 3.63) is 42.2 Å². The number of piperidine rings is 1. The van der Waals surface area contributed by atoms with E-state index in [1.54, 1.807) is 18.2 Å². The number of rotatable bonds is 5. The molecule has 1 saturated heterocycles. The second-order valence-corrected chi connectivity index (χ2v) is 6.08. The number of carbonyl (C=O) groups is 1. The highest BCUT2D eigenvalue weighted by molar-refractivity contribution is 5.76. The van der Waals surface area contributed by atoms with Crippen molar-refractivity contribution in [2.45, 2.75) is 31.7 Å². The maximum Gasteiger partial charge on any atom is 0.223 e. The van der Waals surface area contributed by atoms with Crippen LogP contribution in [0.5, 0.6) is 0 Å². The fourth-order valence-corrected chi connectivity index (χ4v) is 3.00. The molecule has 1 N–H and O–H groups in total. The number of halogens is 1. The van der Waals surface area contributed by atoms with Gasteiger partial charge in [-0.05, 0) is 38.1 Å². The summed E-state index contributed by atoms with van der Waals surface area (Å²) in [4.78, 5) is 18.3. The second-order valence-electron chi connectivity index (χ2n) is 6.08. The van der Waals surface area contributed by atoms with Crippen molar-refractivity contribution in [1.29, 1.82) is 0 Å². The molecular formula is C18H22FN3O2. The molecule has 128 valence electrons. The topological polar surface area (TPSA) is 58.4 Å². The summed E-state index contributed by atoms with van der Waals surface area (Å²) in [6.45, 7) is 1.90. The van der Waals surface area contributed by atoms with Crippen molar-refractivity contribution in [3.8, 4) is 11.3 Å². The molecule has 0 bridgehead atoms. The summed E-state index contributed by atoms with van der Waals surface area (Å²) in [7, 11) is 1.86. The number of nitrogens with zero attached hydrogens (tertiary/aromatic N) is 2. The largest absolute Gasteiger partial charge is 0.441 e. The van der Waals surface area contributed by atoms with Crippen LogP contribution in [0, 0.1) is 5.82 Å². The summed E-state index contributed by atoms with van der Waals surface area (Å²) in [6.07, 6.45) is 4.24. The van der Waals surface area contributed by atoms with Crippen LogP contribution in [0.15, 0.2) is 34.9 Å². The third kappa shape index (κ3) is 3.82. The minimum absolute atomic E-state index is 0.0903. The van der Waals surface area contributed by atoms with E-state index < -0.39 is 0 Å². The van der Waals surface area contributed by atoms with Gasteiger partial charge in [-0.25, -0.2) is 9.37 Å². The normalized spacial score (nSPS) is 15.4. The highest BCUT2D eigenvalue weighted by Crippen LogP contribution is 2.23. The van der Waals surface area contributed by atoms with Gasteiger partial charge >= 0.3 is 0 Å². The molecule has 0 atom stereocenters. The molecule has 6 heteroatoms. The van der Waals surface area contributed by atoms with Crippen molar-refractivity contribution in [2.24, 2.45) is 0 Å². The molecular weight excluding hydrogens is 309 g/mol. The minimum atomic E-state index is -0.345. The summed E-state index contributed by atoms with van der Waals surface area (Å²) < 4.78 is 19.4. The Bertz CT molecular complexity index is 695. The van der Waals surface area contributed by atoms with Crippen LogP contribution in [0.4, 0.5) is 4.39 Å². The molecule has 1 aliphatic heterocycles. The van der Waals surface area contributed by atoms with E-state index in [4.69, 9.17) is 4.42 Å². The molecule has 0 radical (unpaired) electrons. The van der Waals surface area contributed by atoms with E-state index in [9.17, 15) is 9.18 Å². The van der Waals surface area contributed by atoms with Crippen molar-refractivity contribution >= 4 is 5.91 Å². The number of benzene rings is 1. The van der Waals surface area contributed by atoms with Crippen LogP contribution in [-0.2, 0) is 11.2 Å². The van der Waals surface area contributed by atoms with E-state index in [0.29, 0.717) is 36.1 Å². The number of oxazole rings is 1. The first-order valence-electron chi connectivity index (χ1n) is 8.31. The molecule has 1 amide bonds. The van der Waals surface area contributed by atoms with E-state index in [1.165, 1.54) is 12.3 Å². The van der Waals surface area contributed by atoms with Gasteiger partial charge in [0.25, 0.3) is 0 Å². The summed E-state index contributed by atoms with van der Waals surface area (Å²) in [5.74, 6) is 0.594. The van der Waals surface area contributed by atoms with Gasteiger partial charge in [-0.15, -0.1) is 0 Å². The van der Waals surface area contributed by atoms with Gasteiger partial charge in [-0.3, -0.25) is 4.79 Å². The van der Waals surface area contributed by atoms with E-state index in [2.05, 4.69) is 10.3 Å². The van der Waals surface area contributed by atoms with Gasteiger partial charge in [0.15, 0.2) is 11.7 Å². The summed E-state index contributed by atoms with van der Waals surface area (Å²) >= 11 is 0. The summed E-state index contributed by atoms with van der Waals surface area (Å²) in [5.41, 5.74) is 0.384. The minimum Gasteiger partial charge on any atom is -0.441 e. The van der Waals surface area contributed by atoms with Crippen molar-refractivity contribution in [3.63, 3.8) is 0 Å². The van der Waals surface area contributed by atoms with Gasteiger partial charge in [0.05, 0.1) is 11.8 Å². The molecule has 1 aromatic carbocycles. The lowest BCUT2D eigenvalue weighted by molar-refractivity contribution is -0.132. The molecule has 24 heavy (non-hydrogen) atoms. The van der Waals surface area contributed by atoms with Gasteiger partial charge in [0.2, 0.25) is 5.91 Å². The first kappa shape index (κ1) is 16.6. The molecule has 2 heterocycles. The standard InChI is InChI=1S/C18H22FN3O2/c1-22(13-8-10-20-11-9-13)18(23)7-6-17-21-12-16(24-17)14-4-2-3-5-15(14)19/h2-5,12-13,20H,6-11H2,1H3. The molecule has 0 unspecified atom stereocenters. The summed E-state index contributed by atoms with van der Waals surface area (Å²) in [6, 6.07) is 6.71. The van der Waals surface area contributed by atoms with Crippen LogP contribution >= 0.6 is 0 Å². The van der Waals surface area contributed by atoms with Crippen molar-refractivity contribution in [1.82, 2.24) is 15.2 Å². The molecule has 2 aromatic rings. The molecule has 1 aromatic heterocycles. The van der Waals surface area contributed by atoms with Gasteiger partial charge in [0.1, 0.15) is 5.82 Å². The van der Waals surface area contributed by atoms with Crippen LogP contribution in [0.25, 0.3) is 11.3 Å². The average molecular weight is 331 g/mol. The Labute approximate surface area is 140 Å².